The minimum atomic E-state index is -1.06. The fraction of sp³-hybridized carbons (Fsp3) is 0.378. The first-order valence-corrected chi connectivity index (χ1v) is 51.7. The van der Waals surface area contributed by atoms with Crippen LogP contribution in [0.25, 0.3) is 66.8 Å². The van der Waals surface area contributed by atoms with Crippen LogP contribution in [0.1, 0.15) is 261 Å². The summed E-state index contributed by atoms with van der Waals surface area (Å²) in [5.74, 6) is 0.0436. The molecule has 1 aliphatic rings. The number of carbonyl (C=O) groups excluding carboxylic acids is 3. The molecule has 7 nitrogen and oxygen atoms in total. The highest BCUT2D eigenvalue weighted by Gasteiger charge is 2.38. The molecule has 0 bridgehead atoms. The summed E-state index contributed by atoms with van der Waals surface area (Å²) >= 11 is 0. The van der Waals surface area contributed by atoms with Gasteiger partial charge in [-0.2, -0.15) is 0 Å². The van der Waals surface area contributed by atoms with Crippen molar-refractivity contribution in [1.82, 2.24) is 4.90 Å². The number of nitrogens with zero attached hydrogens (tertiary/aromatic N) is 1. The Labute approximate surface area is 778 Å². The van der Waals surface area contributed by atoms with E-state index in [0.717, 1.165) is 106 Å². The number of Topliss-reactive ketones (excluding diaryl/α,β-unsaturated/α-hetero) is 3. The van der Waals surface area contributed by atoms with E-state index in [2.05, 4.69) is 203 Å². The lowest BCUT2D eigenvalue weighted by Gasteiger charge is -2.39. The van der Waals surface area contributed by atoms with Gasteiger partial charge in [0.05, 0.1) is 18.8 Å². The van der Waals surface area contributed by atoms with Crippen molar-refractivity contribution >= 4 is 82.0 Å². The summed E-state index contributed by atoms with van der Waals surface area (Å²) in [6, 6.07) is 87.1. The van der Waals surface area contributed by atoms with Gasteiger partial charge in [-0.05, 0) is 206 Å². The van der Waals surface area contributed by atoms with Crippen molar-refractivity contribution in [3.05, 3.63) is 322 Å². The minimum Gasteiger partial charge on any atom is -0.379 e. The molecule has 9 atom stereocenters. The maximum Gasteiger partial charge on any atom is 0.198 e. The summed E-state index contributed by atoms with van der Waals surface area (Å²) < 4.78 is 17.0. The van der Waals surface area contributed by atoms with E-state index >= 15 is 0 Å². The second kappa shape index (κ2) is 69.3. The third-order valence-corrected chi connectivity index (χ3v) is 23.2. The number of hydrogen-bond donors (Lipinski definition) is 0. The topological polar surface area (TPSA) is 82.1 Å². The van der Waals surface area contributed by atoms with Crippen LogP contribution in [0, 0.1) is 0 Å². The van der Waals surface area contributed by atoms with Crippen LogP contribution in [0.5, 0.6) is 0 Å². The van der Waals surface area contributed by atoms with E-state index in [-0.39, 0.29) is 17.3 Å². The molecule has 9 unspecified atom stereocenters. The third kappa shape index (κ3) is 35.2. The number of ketones is 3. The van der Waals surface area contributed by atoms with Gasteiger partial charge in [0.25, 0.3) is 0 Å². The largest absolute Gasteiger partial charge is 0.379 e. The average Bonchev–Trinajstić information content (AvgIpc) is 0.790. The van der Waals surface area contributed by atoms with Crippen LogP contribution in [0.15, 0.2) is 255 Å². The fourth-order valence-electron chi connectivity index (χ4n) is 13.2. The number of rotatable bonds is 24. The molecule has 682 valence electrons. The molecular weight excluding hydrogens is 1660 g/mol. The molecule has 0 spiro atoms. The summed E-state index contributed by atoms with van der Waals surface area (Å²) in [7, 11) is 22.8. The molecule has 1 heterocycles. The van der Waals surface area contributed by atoms with Gasteiger partial charge in [-0.25, -0.2) is 0 Å². The van der Waals surface area contributed by atoms with Crippen LogP contribution in [-0.4, -0.2) is 68.3 Å². The van der Waals surface area contributed by atoms with Crippen molar-refractivity contribution in [2.45, 2.75) is 240 Å². The Hall–Kier alpha value is -6.72. The number of morpholine rings is 1. The van der Waals surface area contributed by atoms with E-state index in [1.165, 1.54) is 72.3 Å². The molecule has 12 rings (SSSR count). The predicted octanol–water partition coefficient (Wildman–Crippen LogP) is 32.8. The SMILES string of the molecule is CC.CC.CC.CC.CC.CC.CC.CC.CC.CC.CC.CC(C)(C(=O)c1cccc(-c2ccc(-c3ccc(CP)c(CP)c3)cc2)c1)N1CCOCC1.COC(C)(C(=O)c1cccc(-c2ccc(-c3ccc(CP)c(CP)c3)cc2)c1)c1ccc(CP)cc1.COC(C)(C(=O)c1cccc(-c2ccc(-c3ccc(CP)c(CP)c3)cc2)c1)c1ccccc1. The normalized spacial score (nSPS) is 11.6. The molecule has 1 fully saturated rings. The zero-order chi connectivity index (χ0) is 95.3. The first kappa shape index (κ1) is 120. The molecule has 11 aromatic carbocycles. The summed E-state index contributed by atoms with van der Waals surface area (Å²) in [5.41, 5.74) is 24.0. The monoisotopic (exact) mass is 1820 g/mol. The van der Waals surface area contributed by atoms with Gasteiger partial charge in [-0.1, -0.05) is 389 Å². The third-order valence-electron chi connectivity index (χ3n) is 20.1. The van der Waals surface area contributed by atoms with Gasteiger partial charge in [-0.3, -0.25) is 19.3 Å². The number of benzene rings is 11. The van der Waals surface area contributed by atoms with Crippen molar-refractivity contribution in [2.75, 3.05) is 40.5 Å². The van der Waals surface area contributed by atoms with Crippen LogP contribution in [-0.2, 0) is 68.5 Å². The summed E-state index contributed by atoms with van der Waals surface area (Å²) in [6.45, 7) is 54.7. The van der Waals surface area contributed by atoms with Gasteiger partial charge in [0.1, 0.15) is 0 Å². The van der Waals surface area contributed by atoms with E-state index in [1.54, 1.807) is 14.2 Å². The Morgan fingerprint density at radius 3 is 0.760 bits per heavy atom. The molecule has 0 aromatic heterocycles. The van der Waals surface area contributed by atoms with Crippen LogP contribution in [0.4, 0.5) is 0 Å². The summed E-state index contributed by atoms with van der Waals surface area (Å²) in [6.07, 6.45) is 6.62. The molecule has 0 radical (unpaired) electrons. The minimum absolute atomic E-state index is 0.0544. The number of ether oxygens (including phenoxy) is 3. The maximum atomic E-state index is 13.7. The van der Waals surface area contributed by atoms with Crippen LogP contribution >= 0.6 is 64.7 Å². The Morgan fingerprint density at radius 1 is 0.272 bits per heavy atom. The zero-order valence-electron chi connectivity index (χ0n) is 82.0. The zero-order valence-corrected chi connectivity index (χ0v) is 90.0. The first-order valence-electron chi connectivity index (χ1n) is 46.0. The molecule has 14 heteroatoms. The van der Waals surface area contributed by atoms with E-state index in [4.69, 9.17) is 14.2 Å². The van der Waals surface area contributed by atoms with Gasteiger partial charge >= 0.3 is 0 Å². The van der Waals surface area contributed by atoms with Gasteiger partial charge < -0.3 is 14.2 Å². The van der Waals surface area contributed by atoms with Gasteiger partial charge in [0.15, 0.2) is 28.6 Å². The van der Waals surface area contributed by atoms with Crippen molar-refractivity contribution in [3.63, 3.8) is 0 Å². The van der Waals surface area contributed by atoms with Crippen molar-refractivity contribution in [2.24, 2.45) is 0 Å². The molecule has 0 aliphatic carbocycles. The number of hydrogen-bond acceptors (Lipinski definition) is 7. The highest BCUT2D eigenvalue weighted by atomic mass is 31.0. The molecular formula is C111H162NO6P7. The highest BCUT2D eigenvalue weighted by Crippen LogP contribution is 2.37. The lowest BCUT2D eigenvalue weighted by atomic mass is 9.86. The highest BCUT2D eigenvalue weighted by molar-refractivity contribution is 7.16. The molecule has 11 aromatic rings. The molecule has 0 saturated carbocycles. The van der Waals surface area contributed by atoms with E-state index in [0.29, 0.717) is 24.3 Å². The van der Waals surface area contributed by atoms with Crippen molar-refractivity contribution < 1.29 is 28.6 Å². The smallest absolute Gasteiger partial charge is 0.198 e. The van der Waals surface area contributed by atoms with E-state index < -0.39 is 16.7 Å². The van der Waals surface area contributed by atoms with Crippen molar-refractivity contribution in [1.29, 1.82) is 0 Å². The average molecular weight is 1820 g/mol. The Morgan fingerprint density at radius 2 is 0.512 bits per heavy atom. The molecule has 125 heavy (non-hydrogen) atoms. The molecule has 1 aliphatic heterocycles. The van der Waals surface area contributed by atoms with E-state index in [9.17, 15) is 14.4 Å². The predicted molar refractivity (Wildman–Crippen MR) is 582 cm³/mol. The molecule has 1 saturated heterocycles. The Balaban J connectivity index is 0. The number of methoxy groups -OCH3 is 2. The lowest BCUT2D eigenvalue weighted by Crippen LogP contribution is -2.54. The summed E-state index contributed by atoms with van der Waals surface area (Å²) in [4.78, 5) is 42.8. The second-order valence-corrected chi connectivity index (χ2v) is 29.4. The lowest BCUT2D eigenvalue weighted by molar-refractivity contribution is -0.00430. The molecule has 0 amide bonds. The number of carbonyl (C=O) groups is 3. The van der Waals surface area contributed by atoms with Gasteiger partial charge in [0, 0.05) is 44.0 Å². The molecule has 0 N–H and O–H groups in total. The van der Waals surface area contributed by atoms with Crippen LogP contribution in [0.3, 0.4) is 0 Å². The Bertz CT molecular complexity index is 4700. The standard InChI is InChI=1S/C31H33O2P3.C30H30O2P2.C28H33NO2P2.11C2H6/c1-31(33-2,29-14-6-21(18-34)7-15-29)30(32)26-5-3-4-24(16-26)22-8-10-23(11-9-22)25-12-13-27(19-35)28(17-25)20-36;1-30(32-2,28-9-4-3-5-10-28)29(31)25-8-6-7-23(17-25)21-11-13-22(14-12-21)24-15-16-26(19-33)27(18-24)20-34;1-28(2,29-12-14-31-15-13-29)27(30)24-5-3-4-22(16-24)20-6-8-21(9-7-20)23-10-11-25(18-32)26(17-23)19-33;11*1-2/h3-17H,18-20,34-36H2,1-2H3;3-18H,19-20,33-34H2,1-2H3;3-11,16-17H,12-15,18-19,32-33H2,1-2H3;11*1-2H3. The Kier molecular flexibility index (Phi) is 66.7. The fourth-order valence-corrected chi connectivity index (χ4v) is 15.8. The van der Waals surface area contributed by atoms with Crippen LogP contribution < -0.4 is 0 Å². The first-order chi connectivity index (χ1) is 60.9. The van der Waals surface area contributed by atoms with E-state index in [1.807, 2.05) is 301 Å². The quantitative estimate of drug-likeness (QED) is 0.0440. The van der Waals surface area contributed by atoms with Gasteiger partial charge in [-0.15, -0.1) is 64.7 Å². The van der Waals surface area contributed by atoms with Crippen molar-refractivity contribution in [3.8, 4) is 66.8 Å². The maximum absolute atomic E-state index is 13.7. The van der Waals surface area contributed by atoms with Gasteiger partial charge in [0.2, 0.25) is 0 Å². The summed E-state index contributed by atoms with van der Waals surface area (Å²) in [5, 5.41) is 0. The van der Waals surface area contributed by atoms with Crippen LogP contribution in [0.2, 0.25) is 0 Å². The second-order valence-electron chi connectivity index (χ2n) is 26.5.